The molecule has 0 aromatic heterocycles. The summed E-state index contributed by atoms with van der Waals surface area (Å²) in [4.78, 5) is 0. The van der Waals surface area contributed by atoms with E-state index in [1.807, 2.05) is 53.1 Å². The van der Waals surface area contributed by atoms with Crippen molar-refractivity contribution in [1.82, 2.24) is 0 Å². The third kappa shape index (κ3) is 4.76. The van der Waals surface area contributed by atoms with Crippen LogP contribution < -0.4 is 0 Å². The van der Waals surface area contributed by atoms with Gasteiger partial charge in [-0.15, -0.1) is 47.0 Å². The van der Waals surface area contributed by atoms with Crippen LogP contribution in [-0.2, 0) is 5.60 Å². The van der Waals surface area contributed by atoms with Crippen molar-refractivity contribution in [3.63, 3.8) is 0 Å². The van der Waals surface area contributed by atoms with E-state index in [2.05, 4.69) is 52.0 Å². The highest BCUT2D eigenvalue weighted by Gasteiger charge is 2.61. The predicted molar refractivity (Wildman–Crippen MR) is 127 cm³/mol. The number of rotatable bonds is 4. The molecule has 0 aliphatic carbocycles. The van der Waals surface area contributed by atoms with Gasteiger partial charge in [0.05, 0.1) is 8.16 Å². The van der Waals surface area contributed by atoms with Crippen LogP contribution in [0.15, 0.2) is 30.3 Å². The lowest BCUT2D eigenvalue weighted by Crippen LogP contribution is -2.58. The highest BCUT2D eigenvalue weighted by Crippen LogP contribution is 2.64. The van der Waals surface area contributed by atoms with E-state index in [-0.39, 0.29) is 8.16 Å². The fraction of sp³-hybridized carbons (Fsp3) is 0.714. The van der Waals surface area contributed by atoms with Crippen molar-refractivity contribution in [2.45, 2.75) is 67.1 Å². The van der Waals surface area contributed by atoms with E-state index in [9.17, 15) is 5.11 Å². The van der Waals surface area contributed by atoms with Gasteiger partial charge in [-0.25, -0.2) is 0 Å². The zero-order valence-electron chi connectivity index (χ0n) is 16.6. The largest absolute Gasteiger partial charge is 0.380 e. The van der Waals surface area contributed by atoms with Crippen molar-refractivity contribution in [2.75, 3.05) is 23.0 Å². The summed E-state index contributed by atoms with van der Waals surface area (Å²) < 4.78 is -0.391. The topological polar surface area (TPSA) is 20.2 Å². The van der Waals surface area contributed by atoms with E-state index in [1.165, 1.54) is 25.7 Å². The summed E-state index contributed by atoms with van der Waals surface area (Å²) >= 11 is 7.78. The minimum absolute atomic E-state index is 0.196. The Morgan fingerprint density at radius 1 is 0.808 bits per heavy atom. The van der Waals surface area contributed by atoms with Gasteiger partial charge >= 0.3 is 0 Å². The number of hydrogen-bond donors (Lipinski definition) is 1. The number of unbranched alkanes of at least 4 members (excludes halogenated alkanes) is 1. The van der Waals surface area contributed by atoms with E-state index < -0.39 is 5.60 Å². The van der Waals surface area contributed by atoms with Gasteiger partial charge in [-0.05, 0) is 55.3 Å². The van der Waals surface area contributed by atoms with Gasteiger partial charge in [0.15, 0.2) is 0 Å². The SMILES string of the molecule is CC1(C(O)(c2ccccc2)C2(C)SCCCS2)SCCCS1.CCCC. The molecule has 2 aliphatic heterocycles. The Morgan fingerprint density at radius 3 is 1.54 bits per heavy atom. The molecule has 0 atom stereocenters. The molecule has 2 fully saturated rings. The lowest BCUT2D eigenvalue weighted by atomic mass is 9.86. The van der Waals surface area contributed by atoms with E-state index in [4.69, 9.17) is 0 Å². The number of aliphatic hydroxyl groups is 1. The van der Waals surface area contributed by atoms with Crippen LogP contribution in [-0.4, -0.2) is 36.3 Å². The summed E-state index contributed by atoms with van der Waals surface area (Å²) in [7, 11) is 0. The Kier molecular flexibility index (Phi) is 9.13. The van der Waals surface area contributed by atoms with Crippen LogP contribution in [0, 0.1) is 0 Å². The van der Waals surface area contributed by atoms with Crippen molar-refractivity contribution in [2.24, 2.45) is 0 Å². The average molecular weight is 431 g/mol. The summed E-state index contributed by atoms with van der Waals surface area (Å²) in [5.41, 5.74) is 0.232. The maximum absolute atomic E-state index is 12.2. The zero-order chi connectivity index (χ0) is 19.1. The standard InChI is InChI=1S/C17H24OS4.C4H10/c1-15(19-10-6-11-20-15)17(18,14-8-4-3-5-9-14)16(2)21-12-7-13-22-16;1-3-4-2/h3-5,8-9,18H,6-7,10-13H2,1-2H3;3-4H2,1-2H3. The minimum atomic E-state index is -0.841. The minimum Gasteiger partial charge on any atom is -0.380 e. The van der Waals surface area contributed by atoms with E-state index in [1.54, 1.807) is 0 Å². The molecule has 5 heteroatoms. The van der Waals surface area contributed by atoms with Crippen LogP contribution >= 0.6 is 47.0 Å². The predicted octanol–water partition coefficient (Wildman–Crippen LogP) is 6.85. The molecule has 0 unspecified atom stereocenters. The molecule has 0 spiro atoms. The quantitative estimate of drug-likeness (QED) is 0.561. The second kappa shape index (κ2) is 10.4. The molecule has 0 radical (unpaired) electrons. The fourth-order valence-corrected chi connectivity index (χ4v) is 10.4. The van der Waals surface area contributed by atoms with E-state index in [0.29, 0.717) is 0 Å². The molecule has 1 N–H and O–H groups in total. The fourth-order valence-electron chi connectivity index (χ4n) is 3.30. The number of thioether (sulfide) groups is 4. The maximum Gasteiger partial charge on any atom is 0.136 e. The first-order chi connectivity index (χ1) is 12.4. The van der Waals surface area contributed by atoms with Crippen LogP contribution in [0.2, 0.25) is 0 Å². The molecule has 2 aliphatic rings. The van der Waals surface area contributed by atoms with Crippen LogP contribution in [0.3, 0.4) is 0 Å². The van der Waals surface area contributed by atoms with Crippen LogP contribution in [0.5, 0.6) is 0 Å². The first kappa shape index (κ1) is 22.9. The highest BCUT2D eigenvalue weighted by atomic mass is 32.2. The normalized spacial score (nSPS) is 22.2. The van der Waals surface area contributed by atoms with Crippen LogP contribution in [0.25, 0.3) is 0 Å². The summed E-state index contributed by atoms with van der Waals surface area (Å²) in [5, 5.41) is 12.2. The van der Waals surface area contributed by atoms with Gasteiger partial charge in [-0.3, -0.25) is 0 Å². The monoisotopic (exact) mass is 430 g/mol. The van der Waals surface area contributed by atoms with Gasteiger partial charge in [-0.2, -0.15) is 0 Å². The third-order valence-corrected chi connectivity index (χ3v) is 11.9. The van der Waals surface area contributed by atoms with Crippen molar-refractivity contribution < 1.29 is 5.11 Å². The molecule has 1 aromatic carbocycles. The Labute approximate surface area is 177 Å². The smallest absolute Gasteiger partial charge is 0.136 e. The van der Waals surface area contributed by atoms with Crippen LogP contribution in [0.1, 0.15) is 58.9 Å². The molecule has 3 rings (SSSR count). The van der Waals surface area contributed by atoms with Crippen LogP contribution in [0.4, 0.5) is 0 Å². The summed E-state index contributed by atoms with van der Waals surface area (Å²) in [6.45, 7) is 8.88. The van der Waals surface area contributed by atoms with Crippen molar-refractivity contribution in [1.29, 1.82) is 0 Å². The van der Waals surface area contributed by atoms with Crippen molar-refractivity contribution in [3.8, 4) is 0 Å². The average Bonchev–Trinajstić information content (AvgIpc) is 2.69. The molecule has 0 bridgehead atoms. The van der Waals surface area contributed by atoms with Crippen molar-refractivity contribution >= 4 is 47.0 Å². The molecule has 1 nitrogen and oxygen atoms in total. The Morgan fingerprint density at radius 2 is 1.19 bits per heavy atom. The van der Waals surface area contributed by atoms with Gasteiger partial charge in [0, 0.05) is 0 Å². The Balaban J connectivity index is 0.000000552. The highest BCUT2D eigenvalue weighted by molar-refractivity contribution is 8.20. The van der Waals surface area contributed by atoms with Gasteiger partial charge in [0.25, 0.3) is 0 Å². The Hall–Kier alpha value is 0.580. The Bertz CT molecular complexity index is 496. The molecule has 26 heavy (non-hydrogen) atoms. The lowest BCUT2D eigenvalue weighted by Gasteiger charge is -2.55. The summed E-state index contributed by atoms with van der Waals surface area (Å²) in [6.07, 6.45) is 5.12. The zero-order valence-corrected chi connectivity index (χ0v) is 19.9. The maximum atomic E-state index is 12.2. The molecular weight excluding hydrogens is 396 g/mol. The van der Waals surface area contributed by atoms with Gasteiger partial charge in [-0.1, -0.05) is 57.0 Å². The lowest BCUT2D eigenvalue weighted by molar-refractivity contribution is 0.0202. The molecule has 1 aromatic rings. The first-order valence-electron chi connectivity index (χ1n) is 9.77. The second-order valence-electron chi connectivity index (χ2n) is 7.07. The number of benzene rings is 1. The van der Waals surface area contributed by atoms with Gasteiger partial charge < -0.3 is 5.11 Å². The summed E-state index contributed by atoms with van der Waals surface area (Å²) in [6, 6.07) is 10.4. The van der Waals surface area contributed by atoms with E-state index >= 15 is 0 Å². The molecule has 0 saturated carbocycles. The summed E-state index contributed by atoms with van der Waals surface area (Å²) in [5.74, 6) is 4.57. The first-order valence-corrected chi connectivity index (χ1v) is 13.7. The van der Waals surface area contributed by atoms with Gasteiger partial charge in [0.2, 0.25) is 0 Å². The van der Waals surface area contributed by atoms with Gasteiger partial charge in [0.1, 0.15) is 5.60 Å². The van der Waals surface area contributed by atoms with Crippen molar-refractivity contribution in [3.05, 3.63) is 35.9 Å². The molecule has 2 heterocycles. The third-order valence-electron chi connectivity index (χ3n) is 5.09. The molecule has 0 amide bonds. The van der Waals surface area contributed by atoms with E-state index in [0.717, 1.165) is 28.6 Å². The molecular formula is C21H34OS4. The molecule has 2 saturated heterocycles. The second-order valence-corrected chi connectivity index (χ2v) is 13.6. The number of hydrogen-bond acceptors (Lipinski definition) is 5. The molecule has 148 valence electrons.